The van der Waals surface area contributed by atoms with Gasteiger partial charge in [-0.2, -0.15) is 10.1 Å². The molecule has 0 aliphatic heterocycles. The number of benzene rings is 2. The molecule has 0 amide bonds. The van der Waals surface area contributed by atoms with E-state index < -0.39 is 0 Å². The fourth-order valence-electron chi connectivity index (χ4n) is 2.17. The molecule has 0 saturated heterocycles. The van der Waals surface area contributed by atoms with Crippen LogP contribution in [0, 0.1) is 6.92 Å². The van der Waals surface area contributed by atoms with Gasteiger partial charge in [0.25, 0.3) is 0 Å². The van der Waals surface area contributed by atoms with Crippen molar-refractivity contribution in [3.8, 4) is 0 Å². The van der Waals surface area contributed by atoms with E-state index >= 15 is 0 Å². The van der Waals surface area contributed by atoms with Crippen molar-refractivity contribution >= 4 is 28.8 Å². The first kappa shape index (κ1) is 15.7. The molecule has 2 aromatic carbocycles. The van der Waals surface area contributed by atoms with Gasteiger partial charge in [0.15, 0.2) is 5.82 Å². The topological polar surface area (TPSA) is 66.0 Å². The maximum Gasteiger partial charge on any atom is 0.249 e. The van der Waals surface area contributed by atoms with Crippen molar-refractivity contribution in [1.29, 1.82) is 0 Å². The summed E-state index contributed by atoms with van der Waals surface area (Å²) in [6.07, 6.45) is 1.60. The molecule has 6 nitrogen and oxygen atoms in total. The number of aromatic nitrogens is 3. The van der Waals surface area contributed by atoms with E-state index in [9.17, 15) is 0 Å². The lowest BCUT2D eigenvalue weighted by molar-refractivity contribution is 0.982. The maximum atomic E-state index is 4.44. The van der Waals surface area contributed by atoms with Gasteiger partial charge in [-0.25, -0.2) is 0 Å². The Kier molecular flexibility index (Phi) is 4.56. The molecule has 6 heteroatoms. The molecule has 0 atom stereocenters. The molecule has 0 aliphatic rings. The molecule has 1 aromatic heterocycles. The average Bonchev–Trinajstić information content (AvgIpc) is 2.58. The van der Waals surface area contributed by atoms with Crippen molar-refractivity contribution in [3.05, 3.63) is 60.3 Å². The SMILES string of the molecule is Cc1ccc(Nc2cnnc(Nc3ccc(N(C)C)cc3)n2)cc1. The molecular weight excluding hydrogens is 300 g/mol. The first-order chi connectivity index (χ1) is 11.6. The Morgan fingerprint density at radius 1 is 0.833 bits per heavy atom. The summed E-state index contributed by atoms with van der Waals surface area (Å²) in [5.41, 5.74) is 4.22. The highest BCUT2D eigenvalue weighted by Gasteiger charge is 2.03. The molecule has 0 aliphatic carbocycles. The zero-order chi connectivity index (χ0) is 16.9. The molecule has 3 rings (SSSR count). The van der Waals surface area contributed by atoms with E-state index in [2.05, 4.69) is 32.7 Å². The summed E-state index contributed by atoms with van der Waals surface area (Å²) in [5.74, 6) is 1.09. The minimum absolute atomic E-state index is 0.449. The van der Waals surface area contributed by atoms with E-state index in [4.69, 9.17) is 0 Å². The smallest absolute Gasteiger partial charge is 0.249 e. The minimum Gasteiger partial charge on any atom is -0.378 e. The molecule has 0 saturated carbocycles. The molecule has 0 spiro atoms. The molecule has 122 valence electrons. The highest BCUT2D eigenvalue weighted by atomic mass is 15.3. The van der Waals surface area contributed by atoms with Crippen LogP contribution in [0.3, 0.4) is 0 Å². The second-order valence-electron chi connectivity index (χ2n) is 5.72. The molecule has 0 bridgehead atoms. The molecule has 0 fully saturated rings. The van der Waals surface area contributed by atoms with Crippen LogP contribution < -0.4 is 15.5 Å². The Morgan fingerprint density at radius 2 is 1.46 bits per heavy atom. The molecule has 2 N–H and O–H groups in total. The largest absolute Gasteiger partial charge is 0.378 e. The third-order valence-electron chi connectivity index (χ3n) is 3.52. The van der Waals surface area contributed by atoms with Crippen molar-refractivity contribution in [2.75, 3.05) is 29.6 Å². The van der Waals surface area contributed by atoms with Crippen LogP contribution in [-0.2, 0) is 0 Å². The van der Waals surface area contributed by atoms with Gasteiger partial charge in [-0.05, 0) is 43.3 Å². The molecular formula is C18H20N6. The van der Waals surface area contributed by atoms with E-state index in [-0.39, 0.29) is 0 Å². The van der Waals surface area contributed by atoms with Gasteiger partial charge in [0.2, 0.25) is 5.95 Å². The zero-order valence-corrected chi connectivity index (χ0v) is 14.0. The van der Waals surface area contributed by atoms with Gasteiger partial charge in [0.1, 0.15) is 0 Å². The molecule has 0 unspecified atom stereocenters. The highest BCUT2D eigenvalue weighted by Crippen LogP contribution is 2.19. The van der Waals surface area contributed by atoms with Crippen molar-refractivity contribution in [3.63, 3.8) is 0 Å². The molecule has 1 heterocycles. The van der Waals surface area contributed by atoms with Crippen LogP contribution in [0.1, 0.15) is 5.56 Å². The summed E-state index contributed by atoms with van der Waals surface area (Å²) >= 11 is 0. The number of nitrogens with one attached hydrogen (secondary N) is 2. The van der Waals surface area contributed by atoms with Crippen LogP contribution in [0.4, 0.5) is 28.8 Å². The highest BCUT2D eigenvalue weighted by molar-refractivity contribution is 5.61. The summed E-state index contributed by atoms with van der Waals surface area (Å²) in [5, 5.41) is 14.4. The normalized spacial score (nSPS) is 10.3. The maximum absolute atomic E-state index is 4.44. The Morgan fingerprint density at radius 3 is 2.12 bits per heavy atom. The zero-order valence-electron chi connectivity index (χ0n) is 14.0. The fourth-order valence-corrected chi connectivity index (χ4v) is 2.17. The third-order valence-corrected chi connectivity index (χ3v) is 3.52. The van der Waals surface area contributed by atoms with E-state index in [1.165, 1.54) is 5.56 Å². The van der Waals surface area contributed by atoms with Gasteiger partial charge in [-0.1, -0.05) is 17.7 Å². The van der Waals surface area contributed by atoms with Crippen molar-refractivity contribution in [2.45, 2.75) is 6.92 Å². The summed E-state index contributed by atoms with van der Waals surface area (Å²) in [7, 11) is 4.02. The summed E-state index contributed by atoms with van der Waals surface area (Å²) in [6.45, 7) is 2.06. The van der Waals surface area contributed by atoms with Crippen molar-refractivity contribution < 1.29 is 0 Å². The second kappa shape index (κ2) is 6.95. The fraction of sp³-hybridized carbons (Fsp3) is 0.167. The third kappa shape index (κ3) is 3.98. The Hall–Kier alpha value is -3.15. The Bertz CT molecular complexity index is 796. The van der Waals surface area contributed by atoms with E-state index in [1.54, 1.807) is 6.20 Å². The lowest BCUT2D eigenvalue weighted by Gasteiger charge is -2.13. The van der Waals surface area contributed by atoms with Crippen molar-refractivity contribution in [2.24, 2.45) is 0 Å². The van der Waals surface area contributed by atoms with Gasteiger partial charge in [0.05, 0.1) is 6.20 Å². The van der Waals surface area contributed by atoms with Gasteiger partial charge in [-0.3, -0.25) is 0 Å². The van der Waals surface area contributed by atoms with Crippen LogP contribution in [0.15, 0.2) is 54.7 Å². The van der Waals surface area contributed by atoms with Crippen LogP contribution in [0.25, 0.3) is 0 Å². The van der Waals surface area contributed by atoms with Gasteiger partial charge < -0.3 is 15.5 Å². The van der Waals surface area contributed by atoms with E-state index in [0.717, 1.165) is 17.1 Å². The molecule has 0 radical (unpaired) electrons. The summed E-state index contributed by atoms with van der Waals surface area (Å²) in [6, 6.07) is 16.1. The van der Waals surface area contributed by atoms with Gasteiger partial charge >= 0.3 is 0 Å². The van der Waals surface area contributed by atoms with Crippen LogP contribution in [0.2, 0.25) is 0 Å². The minimum atomic E-state index is 0.449. The van der Waals surface area contributed by atoms with Crippen molar-refractivity contribution in [1.82, 2.24) is 15.2 Å². The average molecular weight is 320 g/mol. The lowest BCUT2D eigenvalue weighted by atomic mass is 10.2. The summed E-state index contributed by atoms with van der Waals surface area (Å²) < 4.78 is 0. The van der Waals surface area contributed by atoms with Crippen LogP contribution in [0.5, 0.6) is 0 Å². The number of anilines is 5. The predicted octanol–water partition coefficient (Wildman–Crippen LogP) is 3.73. The van der Waals surface area contributed by atoms with E-state index in [1.807, 2.05) is 67.5 Å². The first-order valence-corrected chi connectivity index (χ1v) is 7.68. The van der Waals surface area contributed by atoms with Gasteiger partial charge in [0, 0.05) is 31.2 Å². The number of aryl methyl sites for hydroxylation is 1. The van der Waals surface area contributed by atoms with E-state index in [0.29, 0.717) is 11.8 Å². The Labute approximate surface area is 141 Å². The number of rotatable bonds is 5. The second-order valence-corrected chi connectivity index (χ2v) is 5.72. The summed E-state index contributed by atoms with van der Waals surface area (Å²) in [4.78, 5) is 6.49. The quantitative estimate of drug-likeness (QED) is 0.746. The molecule has 24 heavy (non-hydrogen) atoms. The number of hydrogen-bond acceptors (Lipinski definition) is 6. The van der Waals surface area contributed by atoms with Crippen LogP contribution in [-0.4, -0.2) is 29.3 Å². The first-order valence-electron chi connectivity index (χ1n) is 7.68. The van der Waals surface area contributed by atoms with Gasteiger partial charge in [-0.15, -0.1) is 5.10 Å². The number of nitrogens with zero attached hydrogens (tertiary/aromatic N) is 4. The predicted molar refractivity (Wildman–Crippen MR) is 98.3 cm³/mol. The number of hydrogen-bond donors (Lipinski definition) is 2. The monoisotopic (exact) mass is 320 g/mol. The molecule has 3 aromatic rings. The lowest BCUT2D eigenvalue weighted by Crippen LogP contribution is -2.08. The standard InChI is InChI=1S/C18H20N6/c1-13-4-6-14(7-5-13)20-17-12-19-23-18(22-17)21-15-8-10-16(11-9-15)24(2)3/h4-12H,1-3H3,(H2,20,21,22,23). The Balaban J connectivity index is 1.71. The van der Waals surface area contributed by atoms with Crippen LogP contribution >= 0.6 is 0 Å².